The van der Waals surface area contributed by atoms with Crippen LogP contribution in [0, 0.1) is 17.2 Å². The van der Waals surface area contributed by atoms with Crippen LogP contribution in [-0.4, -0.2) is 59.1 Å². The molecule has 0 bridgehead atoms. The number of ether oxygens (including phenoxy) is 1. The number of pyridine rings is 2. The minimum atomic E-state index is 0.179. The van der Waals surface area contributed by atoms with Crippen molar-refractivity contribution in [1.29, 1.82) is 5.26 Å². The summed E-state index contributed by atoms with van der Waals surface area (Å²) in [6, 6.07) is 10.8. The first-order valence-electron chi connectivity index (χ1n) is 12.8. The van der Waals surface area contributed by atoms with Crippen LogP contribution in [-0.2, 0) is 4.74 Å². The van der Waals surface area contributed by atoms with Crippen LogP contribution in [0.15, 0.2) is 42.9 Å². The molecule has 0 atom stereocenters. The second-order valence-corrected chi connectivity index (χ2v) is 9.77. The molecule has 3 aliphatic rings. The molecule has 3 fully saturated rings. The molecule has 0 N–H and O–H groups in total. The SMILES string of the molecule is N#CC1CCN(c2ccc(-c3cn(-c4ccnc(N5CCOCC5)c4)nc3C3CCC3)cn2)CC1. The third-order valence-corrected chi connectivity index (χ3v) is 7.62. The number of hydrogen-bond acceptors (Lipinski definition) is 7. The number of nitrogens with zero attached hydrogens (tertiary/aromatic N) is 7. The van der Waals surface area contributed by atoms with E-state index in [0.717, 1.165) is 75.1 Å². The fraction of sp³-hybridized carbons (Fsp3) is 0.481. The van der Waals surface area contributed by atoms with Gasteiger partial charge in [0.15, 0.2) is 0 Å². The number of piperidine rings is 1. The largest absolute Gasteiger partial charge is 0.378 e. The molecule has 8 heteroatoms. The van der Waals surface area contributed by atoms with E-state index >= 15 is 0 Å². The Kier molecular flexibility index (Phi) is 6.09. The third kappa shape index (κ3) is 4.48. The van der Waals surface area contributed by atoms with Crippen molar-refractivity contribution in [3.8, 4) is 22.9 Å². The van der Waals surface area contributed by atoms with Gasteiger partial charge >= 0.3 is 0 Å². The molecule has 0 aromatic carbocycles. The highest BCUT2D eigenvalue weighted by molar-refractivity contribution is 5.67. The van der Waals surface area contributed by atoms with E-state index in [1.807, 2.05) is 23.1 Å². The maximum absolute atomic E-state index is 9.17. The maximum Gasteiger partial charge on any atom is 0.130 e. The molecule has 2 aliphatic heterocycles. The highest BCUT2D eigenvalue weighted by Crippen LogP contribution is 2.41. The van der Waals surface area contributed by atoms with Gasteiger partial charge in [-0.05, 0) is 43.9 Å². The van der Waals surface area contributed by atoms with Crippen LogP contribution < -0.4 is 9.80 Å². The van der Waals surface area contributed by atoms with E-state index in [1.165, 1.54) is 30.5 Å². The predicted molar refractivity (Wildman–Crippen MR) is 135 cm³/mol. The number of morpholine rings is 1. The lowest BCUT2D eigenvalue weighted by Crippen LogP contribution is -2.36. The summed E-state index contributed by atoms with van der Waals surface area (Å²) in [6.07, 6.45) is 11.5. The Labute approximate surface area is 206 Å². The van der Waals surface area contributed by atoms with E-state index in [9.17, 15) is 0 Å². The zero-order valence-corrected chi connectivity index (χ0v) is 20.0. The molecule has 1 aliphatic carbocycles. The molecule has 0 amide bonds. The van der Waals surface area contributed by atoms with E-state index in [2.05, 4.69) is 45.2 Å². The van der Waals surface area contributed by atoms with Crippen LogP contribution in [0.5, 0.6) is 0 Å². The zero-order chi connectivity index (χ0) is 23.6. The van der Waals surface area contributed by atoms with E-state index < -0.39 is 0 Å². The molecule has 2 saturated heterocycles. The molecule has 0 unspecified atom stereocenters. The number of hydrogen-bond donors (Lipinski definition) is 0. The van der Waals surface area contributed by atoms with Gasteiger partial charge in [-0.25, -0.2) is 14.6 Å². The topological polar surface area (TPSA) is 83.1 Å². The quantitative estimate of drug-likeness (QED) is 0.554. The zero-order valence-electron chi connectivity index (χ0n) is 20.0. The first-order valence-corrected chi connectivity index (χ1v) is 12.8. The Hall–Kier alpha value is -3.44. The van der Waals surface area contributed by atoms with E-state index in [-0.39, 0.29) is 5.92 Å². The van der Waals surface area contributed by atoms with Crippen molar-refractivity contribution in [2.24, 2.45) is 5.92 Å². The predicted octanol–water partition coefficient (Wildman–Crippen LogP) is 4.17. The minimum Gasteiger partial charge on any atom is -0.378 e. The molecule has 0 radical (unpaired) electrons. The average Bonchev–Trinajstić information content (AvgIpc) is 3.33. The van der Waals surface area contributed by atoms with Crippen LogP contribution in [0.2, 0.25) is 0 Å². The van der Waals surface area contributed by atoms with Crippen molar-refractivity contribution < 1.29 is 4.74 Å². The van der Waals surface area contributed by atoms with Crippen LogP contribution in [0.3, 0.4) is 0 Å². The molecule has 180 valence electrons. The number of rotatable bonds is 5. The van der Waals surface area contributed by atoms with Crippen molar-refractivity contribution in [1.82, 2.24) is 19.7 Å². The van der Waals surface area contributed by atoms with Gasteiger partial charge in [-0.2, -0.15) is 10.4 Å². The molecule has 6 rings (SSSR count). The lowest BCUT2D eigenvalue weighted by atomic mass is 9.81. The lowest BCUT2D eigenvalue weighted by molar-refractivity contribution is 0.122. The monoisotopic (exact) mass is 469 g/mol. The Morgan fingerprint density at radius 2 is 1.71 bits per heavy atom. The standard InChI is InChI=1S/C27H31N7O/c28-17-20-7-10-32(11-8-20)25-5-4-22(18-30-25)24-19-34(31-27(24)21-2-1-3-21)23-6-9-29-26(16-23)33-12-14-35-15-13-33/h4-6,9,16,18-21H,1-3,7-8,10-15H2. The summed E-state index contributed by atoms with van der Waals surface area (Å²) >= 11 is 0. The van der Waals surface area contributed by atoms with Gasteiger partial charge in [0.1, 0.15) is 11.6 Å². The molecule has 1 saturated carbocycles. The Bertz CT molecular complexity index is 1200. The van der Waals surface area contributed by atoms with Crippen molar-refractivity contribution in [2.75, 3.05) is 49.2 Å². The maximum atomic E-state index is 9.17. The summed E-state index contributed by atoms with van der Waals surface area (Å²) in [4.78, 5) is 14.0. The van der Waals surface area contributed by atoms with Gasteiger partial charge in [0.2, 0.25) is 0 Å². The molecular formula is C27H31N7O. The summed E-state index contributed by atoms with van der Waals surface area (Å²) in [5.74, 6) is 2.65. The average molecular weight is 470 g/mol. The van der Waals surface area contributed by atoms with Crippen LogP contribution in [0.4, 0.5) is 11.6 Å². The minimum absolute atomic E-state index is 0.179. The van der Waals surface area contributed by atoms with Crippen LogP contribution in [0.25, 0.3) is 16.8 Å². The van der Waals surface area contributed by atoms with Crippen molar-refractivity contribution >= 4 is 11.6 Å². The number of anilines is 2. The second kappa shape index (κ2) is 9.67. The van der Waals surface area contributed by atoms with Gasteiger partial charge in [0.05, 0.1) is 30.7 Å². The molecule has 35 heavy (non-hydrogen) atoms. The molecule has 5 heterocycles. The van der Waals surface area contributed by atoms with Crippen LogP contribution >= 0.6 is 0 Å². The highest BCUT2D eigenvalue weighted by atomic mass is 16.5. The molecule has 8 nitrogen and oxygen atoms in total. The highest BCUT2D eigenvalue weighted by Gasteiger charge is 2.27. The van der Waals surface area contributed by atoms with Gasteiger partial charge in [-0.3, -0.25) is 0 Å². The molecule has 3 aromatic heterocycles. The second-order valence-electron chi connectivity index (χ2n) is 9.77. The first-order chi connectivity index (χ1) is 17.3. The van der Waals surface area contributed by atoms with E-state index in [4.69, 9.17) is 20.1 Å². The van der Waals surface area contributed by atoms with Gasteiger partial charge < -0.3 is 14.5 Å². The smallest absolute Gasteiger partial charge is 0.130 e. The van der Waals surface area contributed by atoms with Crippen molar-refractivity contribution in [3.63, 3.8) is 0 Å². The van der Waals surface area contributed by atoms with E-state index in [1.54, 1.807) is 0 Å². The fourth-order valence-corrected chi connectivity index (χ4v) is 5.21. The van der Waals surface area contributed by atoms with Gasteiger partial charge in [0, 0.05) is 73.8 Å². The third-order valence-electron chi connectivity index (χ3n) is 7.62. The van der Waals surface area contributed by atoms with E-state index in [0.29, 0.717) is 5.92 Å². The van der Waals surface area contributed by atoms with Crippen LogP contribution in [0.1, 0.15) is 43.7 Å². The summed E-state index contributed by atoms with van der Waals surface area (Å²) < 4.78 is 7.51. The summed E-state index contributed by atoms with van der Waals surface area (Å²) in [6.45, 7) is 4.99. The Morgan fingerprint density at radius 3 is 2.40 bits per heavy atom. The normalized spacial score (nSPS) is 19.4. The number of aromatic nitrogens is 4. The lowest BCUT2D eigenvalue weighted by Gasteiger charge is -2.30. The summed E-state index contributed by atoms with van der Waals surface area (Å²) in [5, 5.41) is 14.2. The molecule has 0 spiro atoms. The fourth-order valence-electron chi connectivity index (χ4n) is 5.21. The Balaban J connectivity index is 1.27. The molecular weight excluding hydrogens is 438 g/mol. The first kappa shape index (κ1) is 22.1. The summed E-state index contributed by atoms with van der Waals surface area (Å²) in [7, 11) is 0. The molecule has 3 aromatic rings. The van der Waals surface area contributed by atoms with Crippen molar-refractivity contribution in [2.45, 2.75) is 38.0 Å². The van der Waals surface area contributed by atoms with Gasteiger partial charge in [0.25, 0.3) is 0 Å². The van der Waals surface area contributed by atoms with Gasteiger partial charge in [-0.1, -0.05) is 6.42 Å². The Morgan fingerprint density at radius 1 is 0.914 bits per heavy atom. The summed E-state index contributed by atoms with van der Waals surface area (Å²) in [5.41, 5.74) is 4.47. The van der Waals surface area contributed by atoms with Gasteiger partial charge in [-0.15, -0.1) is 0 Å². The number of nitriles is 1. The van der Waals surface area contributed by atoms with Crippen molar-refractivity contribution in [3.05, 3.63) is 48.5 Å².